The number of carbonyl (C=O) groups is 1. The fourth-order valence-electron chi connectivity index (χ4n) is 3.13. The number of methoxy groups -OCH3 is 1. The highest BCUT2D eigenvalue weighted by Gasteiger charge is 2.16. The minimum absolute atomic E-state index is 0.292. The summed E-state index contributed by atoms with van der Waals surface area (Å²) in [7, 11) is 1.36. The zero-order valence-corrected chi connectivity index (χ0v) is 14.7. The normalized spacial score (nSPS) is 10.9. The molecule has 0 unspecified atom stereocenters. The number of esters is 1. The Bertz CT molecular complexity index is 1100. The van der Waals surface area contributed by atoms with Crippen molar-refractivity contribution in [2.45, 2.75) is 6.42 Å². The first kappa shape index (κ1) is 17.0. The number of benzene rings is 2. The van der Waals surface area contributed by atoms with Gasteiger partial charge < -0.3 is 9.14 Å². The first-order valence-electron chi connectivity index (χ1n) is 8.55. The summed E-state index contributed by atoms with van der Waals surface area (Å²) in [6.45, 7) is 0. The lowest BCUT2D eigenvalue weighted by molar-refractivity contribution is 0.0600. The number of fused-ring (bicyclic) bond motifs is 1. The average molecular weight is 360 g/mol. The first-order valence-corrected chi connectivity index (χ1v) is 8.55. The maximum atomic E-state index is 13.4. The molecule has 2 aromatic heterocycles. The Morgan fingerprint density at radius 1 is 1.04 bits per heavy atom. The zero-order chi connectivity index (χ0) is 18.8. The molecule has 5 heteroatoms. The second-order valence-electron chi connectivity index (χ2n) is 6.21. The number of carbonyl (C=O) groups excluding carboxylic acids is 1. The Hall–Kier alpha value is -3.47. The van der Waals surface area contributed by atoms with E-state index in [0.717, 1.165) is 22.5 Å². The van der Waals surface area contributed by atoms with Gasteiger partial charge in [-0.1, -0.05) is 30.3 Å². The summed E-state index contributed by atoms with van der Waals surface area (Å²) in [5.74, 6) is -0.695. The van der Waals surface area contributed by atoms with Crippen LogP contribution in [0.3, 0.4) is 0 Å². The molecule has 0 spiro atoms. The summed E-state index contributed by atoms with van der Waals surface area (Å²) in [6, 6.07) is 19.8. The van der Waals surface area contributed by atoms with Crippen LogP contribution in [-0.4, -0.2) is 22.5 Å². The average Bonchev–Trinajstić information content (AvgIpc) is 3.06. The molecule has 27 heavy (non-hydrogen) atoms. The summed E-state index contributed by atoms with van der Waals surface area (Å²) in [5, 5.41) is 0. The van der Waals surface area contributed by atoms with Crippen molar-refractivity contribution >= 4 is 11.6 Å². The molecule has 4 aromatic rings. The molecule has 0 atom stereocenters. The SMILES string of the molecule is COC(=O)c1ccc2nc(-c3ccc(F)cc3)c(Cc3ccccc3)n2c1. The quantitative estimate of drug-likeness (QED) is 0.503. The molecule has 4 rings (SSSR count). The number of hydrogen-bond donors (Lipinski definition) is 0. The fourth-order valence-corrected chi connectivity index (χ4v) is 3.13. The van der Waals surface area contributed by atoms with E-state index in [-0.39, 0.29) is 5.82 Å². The Balaban J connectivity index is 1.91. The van der Waals surface area contributed by atoms with Crippen LogP contribution in [0.25, 0.3) is 16.9 Å². The van der Waals surface area contributed by atoms with Crippen molar-refractivity contribution in [1.82, 2.24) is 9.38 Å². The van der Waals surface area contributed by atoms with Gasteiger partial charge in [-0.05, 0) is 42.0 Å². The van der Waals surface area contributed by atoms with E-state index < -0.39 is 5.97 Å². The van der Waals surface area contributed by atoms with Gasteiger partial charge in [-0.3, -0.25) is 0 Å². The van der Waals surface area contributed by atoms with Gasteiger partial charge in [0.15, 0.2) is 0 Å². The maximum Gasteiger partial charge on any atom is 0.339 e. The van der Waals surface area contributed by atoms with E-state index in [9.17, 15) is 9.18 Å². The topological polar surface area (TPSA) is 43.6 Å². The number of rotatable bonds is 4. The van der Waals surface area contributed by atoms with E-state index >= 15 is 0 Å². The monoisotopic (exact) mass is 360 g/mol. The Kier molecular flexibility index (Phi) is 4.42. The Labute approximate surface area is 155 Å². The van der Waals surface area contributed by atoms with Gasteiger partial charge in [-0.15, -0.1) is 0 Å². The molecule has 4 nitrogen and oxygen atoms in total. The van der Waals surface area contributed by atoms with Crippen LogP contribution in [0.4, 0.5) is 4.39 Å². The van der Waals surface area contributed by atoms with Crippen LogP contribution >= 0.6 is 0 Å². The molecule has 0 bridgehead atoms. The lowest BCUT2D eigenvalue weighted by Gasteiger charge is -2.07. The van der Waals surface area contributed by atoms with E-state index in [1.54, 1.807) is 30.5 Å². The van der Waals surface area contributed by atoms with Crippen LogP contribution in [0.2, 0.25) is 0 Å². The van der Waals surface area contributed by atoms with Crippen molar-refractivity contribution in [2.75, 3.05) is 7.11 Å². The van der Waals surface area contributed by atoms with E-state index in [1.807, 2.05) is 34.7 Å². The molecular weight excluding hydrogens is 343 g/mol. The summed E-state index contributed by atoms with van der Waals surface area (Å²) < 4.78 is 20.1. The van der Waals surface area contributed by atoms with E-state index in [2.05, 4.69) is 0 Å². The predicted molar refractivity (Wildman–Crippen MR) is 101 cm³/mol. The Morgan fingerprint density at radius 3 is 2.48 bits per heavy atom. The van der Waals surface area contributed by atoms with Crippen LogP contribution in [0.5, 0.6) is 0 Å². The van der Waals surface area contributed by atoms with E-state index in [4.69, 9.17) is 9.72 Å². The lowest BCUT2D eigenvalue weighted by atomic mass is 10.0. The molecule has 0 N–H and O–H groups in total. The summed E-state index contributed by atoms with van der Waals surface area (Å²) in [5.41, 5.74) is 4.79. The molecule has 2 heterocycles. The molecule has 0 radical (unpaired) electrons. The Morgan fingerprint density at radius 2 is 1.78 bits per heavy atom. The van der Waals surface area contributed by atoms with Gasteiger partial charge >= 0.3 is 5.97 Å². The number of pyridine rings is 1. The third-order valence-corrected chi connectivity index (χ3v) is 4.47. The number of nitrogens with zero attached hydrogens (tertiary/aromatic N) is 2. The second-order valence-corrected chi connectivity index (χ2v) is 6.21. The third-order valence-electron chi connectivity index (χ3n) is 4.47. The molecule has 0 aliphatic rings. The highest BCUT2D eigenvalue weighted by atomic mass is 19.1. The zero-order valence-electron chi connectivity index (χ0n) is 14.7. The summed E-state index contributed by atoms with van der Waals surface area (Å²) in [4.78, 5) is 16.7. The number of ether oxygens (including phenoxy) is 1. The van der Waals surface area contributed by atoms with Crippen molar-refractivity contribution in [3.8, 4) is 11.3 Å². The van der Waals surface area contributed by atoms with Crippen LogP contribution in [-0.2, 0) is 11.2 Å². The van der Waals surface area contributed by atoms with Gasteiger partial charge in [0.25, 0.3) is 0 Å². The standard InChI is InChI=1S/C22H17FN2O2/c1-27-22(26)17-9-12-20-24-21(16-7-10-18(23)11-8-16)19(25(20)14-17)13-15-5-3-2-4-6-15/h2-12,14H,13H2,1H3. The molecule has 0 saturated heterocycles. The van der Waals surface area contributed by atoms with Gasteiger partial charge in [0, 0.05) is 18.2 Å². The van der Waals surface area contributed by atoms with Crippen molar-refractivity contribution in [3.05, 3.63) is 95.6 Å². The molecule has 134 valence electrons. The largest absolute Gasteiger partial charge is 0.465 e. The van der Waals surface area contributed by atoms with Crippen molar-refractivity contribution < 1.29 is 13.9 Å². The molecule has 0 aliphatic heterocycles. The number of aromatic nitrogens is 2. The van der Waals surface area contributed by atoms with E-state index in [1.165, 1.54) is 19.2 Å². The number of hydrogen-bond acceptors (Lipinski definition) is 3. The molecule has 2 aromatic carbocycles. The molecule has 0 saturated carbocycles. The van der Waals surface area contributed by atoms with Crippen LogP contribution in [0.15, 0.2) is 72.9 Å². The molecule has 0 aliphatic carbocycles. The fraction of sp³-hybridized carbons (Fsp3) is 0.0909. The van der Waals surface area contributed by atoms with Crippen LogP contribution in [0.1, 0.15) is 21.6 Å². The number of imidazole rings is 1. The molecular formula is C22H17FN2O2. The van der Waals surface area contributed by atoms with Crippen LogP contribution in [0, 0.1) is 5.82 Å². The smallest absolute Gasteiger partial charge is 0.339 e. The van der Waals surface area contributed by atoms with Gasteiger partial charge in [-0.25, -0.2) is 14.2 Å². The lowest BCUT2D eigenvalue weighted by Crippen LogP contribution is -2.04. The first-order chi connectivity index (χ1) is 13.2. The highest BCUT2D eigenvalue weighted by Crippen LogP contribution is 2.27. The third kappa shape index (κ3) is 3.31. The number of halogens is 1. The second kappa shape index (κ2) is 7.03. The van der Waals surface area contributed by atoms with Crippen LogP contribution < -0.4 is 0 Å². The van der Waals surface area contributed by atoms with Crippen molar-refractivity contribution in [2.24, 2.45) is 0 Å². The molecule has 0 fully saturated rings. The van der Waals surface area contributed by atoms with Gasteiger partial charge in [-0.2, -0.15) is 0 Å². The highest BCUT2D eigenvalue weighted by molar-refractivity contribution is 5.89. The molecule has 0 amide bonds. The minimum Gasteiger partial charge on any atom is -0.465 e. The van der Waals surface area contributed by atoms with Gasteiger partial charge in [0.1, 0.15) is 11.5 Å². The summed E-state index contributed by atoms with van der Waals surface area (Å²) in [6.07, 6.45) is 2.36. The van der Waals surface area contributed by atoms with E-state index in [0.29, 0.717) is 17.6 Å². The van der Waals surface area contributed by atoms with Crippen molar-refractivity contribution in [3.63, 3.8) is 0 Å². The van der Waals surface area contributed by atoms with Gasteiger partial charge in [0.2, 0.25) is 0 Å². The van der Waals surface area contributed by atoms with Gasteiger partial charge in [0.05, 0.1) is 24.1 Å². The summed E-state index contributed by atoms with van der Waals surface area (Å²) >= 11 is 0. The predicted octanol–water partition coefficient (Wildman–Crippen LogP) is 4.52. The van der Waals surface area contributed by atoms with Crippen molar-refractivity contribution in [1.29, 1.82) is 0 Å². The maximum absolute atomic E-state index is 13.4. The minimum atomic E-state index is -0.403.